The molecule has 2 amide bonds. The first kappa shape index (κ1) is 34.4. The maximum atomic E-state index is 16.1. The van der Waals surface area contributed by atoms with Gasteiger partial charge in [0, 0.05) is 49.3 Å². The van der Waals surface area contributed by atoms with E-state index in [4.69, 9.17) is 23.3 Å². The summed E-state index contributed by atoms with van der Waals surface area (Å²) < 4.78 is 54.8. The Labute approximate surface area is 248 Å². The fourth-order valence-electron chi connectivity index (χ4n) is 4.42. The number of hydrogen-bond acceptors (Lipinski definition) is 11. The van der Waals surface area contributed by atoms with E-state index in [1.54, 1.807) is 13.0 Å². The number of phosphoric ester groups is 1. The summed E-state index contributed by atoms with van der Waals surface area (Å²) in [5.74, 6) is -0.302. The molecule has 0 aliphatic carbocycles. The smallest absolute Gasteiger partial charge is 0.382 e. The van der Waals surface area contributed by atoms with Crippen molar-refractivity contribution < 1.29 is 41.9 Å². The van der Waals surface area contributed by atoms with E-state index in [0.717, 1.165) is 6.42 Å². The number of carbonyl (C=O) groups is 1. The van der Waals surface area contributed by atoms with Crippen LogP contribution in [0.4, 0.5) is 15.1 Å². The summed E-state index contributed by atoms with van der Waals surface area (Å²) in [5, 5.41) is 5.23. The third-order valence-corrected chi connectivity index (χ3v) is 7.52. The van der Waals surface area contributed by atoms with Gasteiger partial charge in [0.15, 0.2) is 5.82 Å². The van der Waals surface area contributed by atoms with E-state index >= 15 is 4.39 Å². The fraction of sp³-hybridized carbons (Fsp3) is 0.538. The van der Waals surface area contributed by atoms with Gasteiger partial charge in [-0.2, -0.15) is 0 Å². The first-order chi connectivity index (χ1) is 20.0. The zero-order valence-electron chi connectivity index (χ0n) is 24.6. The highest BCUT2D eigenvalue weighted by molar-refractivity contribution is 7.47. The summed E-state index contributed by atoms with van der Waals surface area (Å²) in [6.45, 7) is 6.35. The van der Waals surface area contributed by atoms with E-state index < -0.39 is 31.4 Å². The SMILES string of the molecule is CCNC(=O)Nc1nc2c([C@H]3CCCO3)c(F)c(-c3cnc(C(C)(C)OP(=O)(O)OCCOCCOC)nc3)cc2[nH]1.N. The van der Waals surface area contributed by atoms with Crippen LogP contribution in [0.3, 0.4) is 0 Å². The predicted molar refractivity (Wildman–Crippen MR) is 155 cm³/mol. The molecule has 7 N–H and O–H groups in total. The maximum Gasteiger partial charge on any atom is 0.473 e. The van der Waals surface area contributed by atoms with Gasteiger partial charge < -0.3 is 35.6 Å². The van der Waals surface area contributed by atoms with Crippen LogP contribution >= 0.6 is 7.82 Å². The summed E-state index contributed by atoms with van der Waals surface area (Å²) in [5.41, 5.74) is 0.228. The average Bonchev–Trinajstić information content (AvgIpc) is 3.60. The number of benzene rings is 1. The lowest BCUT2D eigenvalue weighted by Gasteiger charge is -2.25. The Morgan fingerprint density at radius 1 is 1.26 bits per heavy atom. The minimum Gasteiger partial charge on any atom is -0.382 e. The third-order valence-electron chi connectivity index (χ3n) is 6.33. The predicted octanol–water partition coefficient (Wildman–Crippen LogP) is 4.35. The van der Waals surface area contributed by atoms with Crippen molar-refractivity contribution in [3.8, 4) is 11.1 Å². The largest absolute Gasteiger partial charge is 0.473 e. The molecule has 2 aromatic heterocycles. The second-order valence-corrected chi connectivity index (χ2v) is 11.3. The molecular formula is C26H39FN7O8P. The molecule has 1 saturated heterocycles. The molecule has 17 heteroatoms. The molecular weight excluding hydrogens is 588 g/mol. The van der Waals surface area contributed by atoms with Crippen molar-refractivity contribution in [3.63, 3.8) is 0 Å². The zero-order valence-corrected chi connectivity index (χ0v) is 25.5. The lowest BCUT2D eigenvalue weighted by molar-refractivity contribution is 0.0180. The van der Waals surface area contributed by atoms with E-state index in [2.05, 4.69) is 30.6 Å². The number of nitrogens with zero attached hydrogens (tertiary/aromatic N) is 3. The number of nitrogens with one attached hydrogen (secondary N) is 3. The van der Waals surface area contributed by atoms with Gasteiger partial charge >= 0.3 is 13.9 Å². The van der Waals surface area contributed by atoms with Gasteiger partial charge in [0.05, 0.1) is 43.6 Å². The van der Waals surface area contributed by atoms with Crippen molar-refractivity contribution in [3.05, 3.63) is 35.7 Å². The minimum atomic E-state index is -4.48. The molecule has 0 spiro atoms. The Morgan fingerprint density at radius 2 is 1.98 bits per heavy atom. The van der Waals surface area contributed by atoms with Crippen LogP contribution in [0.5, 0.6) is 0 Å². The van der Waals surface area contributed by atoms with E-state index in [1.165, 1.54) is 33.4 Å². The molecule has 0 saturated carbocycles. The molecule has 0 bridgehead atoms. The van der Waals surface area contributed by atoms with Crippen LogP contribution < -0.4 is 16.8 Å². The molecule has 0 radical (unpaired) electrons. The number of phosphoric acid groups is 1. The second-order valence-electron chi connectivity index (χ2n) is 9.92. The van der Waals surface area contributed by atoms with Crippen molar-refractivity contribution in [1.82, 2.24) is 31.4 Å². The number of anilines is 1. The lowest BCUT2D eigenvalue weighted by Crippen LogP contribution is -2.28. The van der Waals surface area contributed by atoms with E-state index in [-0.39, 0.29) is 42.3 Å². The summed E-state index contributed by atoms with van der Waals surface area (Å²) in [7, 11) is -2.95. The maximum absolute atomic E-state index is 16.1. The number of fused-ring (bicyclic) bond motifs is 1. The number of methoxy groups -OCH3 is 1. The van der Waals surface area contributed by atoms with Crippen molar-refractivity contribution in [2.24, 2.45) is 0 Å². The number of ether oxygens (including phenoxy) is 3. The standard InChI is InChI=1S/C26H36FN6O8P.H3N/c1-5-28-25(34)33-24-31-18-13-17(21(27)20(22(18)32-24)19-7-6-8-39-19)16-14-29-23(30-15-16)26(2,3)41-42(35,36)40-12-11-38-10-9-37-4;/h13-15,19H,5-12H2,1-4H3,(H,35,36)(H3,28,31,32,33,34);1H3/t19-;/m1./s1. The molecule has 4 rings (SSSR count). The first-order valence-electron chi connectivity index (χ1n) is 13.5. The number of halogens is 1. The van der Waals surface area contributed by atoms with Gasteiger partial charge in [0.1, 0.15) is 11.4 Å². The third kappa shape index (κ3) is 8.74. The molecule has 238 valence electrons. The topological polar surface area (TPSA) is 214 Å². The number of amides is 2. The molecule has 1 aliphatic rings. The van der Waals surface area contributed by atoms with Gasteiger partial charge in [-0.3, -0.25) is 14.4 Å². The first-order valence-corrected chi connectivity index (χ1v) is 15.0. The van der Waals surface area contributed by atoms with Crippen molar-refractivity contribution in [2.45, 2.75) is 45.3 Å². The number of urea groups is 1. The average molecular weight is 628 g/mol. The van der Waals surface area contributed by atoms with E-state index in [9.17, 15) is 14.3 Å². The fourth-order valence-corrected chi connectivity index (χ4v) is 5.44. The molecule has 1 aromatic carbocycles. The summed E-state index contributed by atoms with van der Waals surface area (Å²) in [4.78, 5) is 38.3. The molecule has 3 heterocycles. The molecule has 1 unspecified atom stereocenters. The molecule has 3 aromatic rings. The lowest BCUT2D eigenvalue weighted by atomic mass is 9.98. The Balaban J connectivity index is 0.00000506. The summed E-state index contributed by atoms with van der Waals surface area (Å²) in [6, 6.07) is 1.11. The summed E-state index contributed by atoms with van der Waals surface area (Å²) in [6.07, 6.45) is 3.67. The number of H-pyrrole nitrogens is 1. The van der Waals surface area contributed by atoms with Crippen molar-refractivity contribution >= 4 is 30.8 Å². The van der Waals surface area contributed by atoms with Gasteiger partial charge in [-0.1, -0.05) is 0 Å². The molecule has 2 atom stereocenters. The number of aromatic nitrogens is 4. The van der Waals surface area contributed by atoms with Gasteiger partial charge in [-0.25, -0.2) is 28.7 Å². The van der Waals surface area contributed by atoms with Gasteiger partial charge in [0.25, 0.3) is 0 Å². The van der Waals surface area contributed by atoms with Crippen LogP contribution in [0.25, 0.3) is 22.2 Å². The van der Waals surface area contributed by atoms with Gasteiger partial charge in [0.2, 0.25) is 5.95 Å². The van der Waals surface area contributed by atoms with Gasteiger partial charge in [-0.05, 0) is 39.7 Å². The molecule has 1 fully saturated rings. The molecule has 15 nitrogen and oxygen atoms in total. The highest BCUT2D eigenvalue weighted by atomic mass is 31.2. The quantitative estimate of drug-likeness (QED) is 0.125. The van der Waals surface area contributed by atoms with Crippen LogP contribution in [0, 0.1) is 5.82 Å². The second kappa shape index (κ2) is 15.1. The number of imidazole rings is 1. The van der Waals surface area contributed by atoms with Crippen molar-refractivity contribution in [1.29, 1.82) is 0 Å². The molecule has 43 heavy (non-hydrogen) atoms. The van der Waals surface area contributed by atoms with E-state index in [0.29, 0.717) is 49.4 Å². The van der Waals surface area contributed by atoms with Crippen LogP contribution in [0.2, 0.25) is 0 Å². The highest BCUT2D eigenvalue weighted by Crippen LogP contribution is 2.49. The zero-order chi connectivity index (χ0) is 30.3. The monoisotopic (exact) mass is 627 g/mol. The molecule has 1 aliphatic heterocycles. The Morgan fingerprint density at radius 3 is 2.63 bits per heavy atom. The van der Waals surface area contributed by atoms with Crippen LogP contribution in [0.15, 0.2) is 18.5 Å². The highest BCUT2D eigenvalue weighted by Gasteiger charge is 2.36. The Kier molecular flexibility index (Phi) is 12.1. The van der Waals surface area contributed by atoms with Crippen LogP contribution in [-0.4, -0.2) is 77.5 Å². The van der Waals surface area contributed by atoms with Crippen LogP contribution in [0.1, 0.15) is 51.1 Å². The minimum absolute atomic E-state index is 0. The summed E-state index contributed by atoms with van der Waals surface area (Å²) >= 11 is 0. The number of carbonyl (C=O) groups excluding carboxylic acids is 1. The normalized spacial score (nSPS) is 16.6. The Bertz CT molecular complexity index is 1420. The Hall–Kier alpha value is -3.08. The van der Waals surface area contributed by atoms with Crippen molar-refractivity contribution in [2.75, 3.05) is 52.0 Å². The van der Waals surface area contributed by atoms with E-state index in [1.807, 2.05) is 0 Å². The van der Waals surface area contributed by atoms with Crippen LogP contribution in [-0.2, 0) is 33.4 Å². The number of hydrogen-bond donors (Lipinski definition) is 5. The van der Waals surface area contributed by atoms with Gasteiger partial charge in [-0.15, -0.1) is 0 Å². The number of rotatable bonds is 14. The number of aromatic amines is 1.